The molecule has 152 valence electrons. The van der Waals surface area contributed by atoms with Gasteiger partial charge in [0.05, 0.1) is 19.4 Å². The van der Waals surface area contributed by atoms with Crippen LogP contribution in [0.25, 0.3) is 0 Å². The van der Waals surface area contributed by atoms with E-state index in [0.717, 1.165) is 17.9 Å². The third-order valence-corrected chi connectivity index (χ3v) is 4.95. The Morgan fingerprint density at radius 3 is 2.71 bits per heavy atom. The number of halogens is 1. The van der Waals surface area contributed by atoms with Gasteiger partial charge in [-0.2, -0.15) is 0 Å². The minimum atomic E-state index is -1.14. The van der Waals surface area contributed by atoms with E-state index < -0.39 is 5.60 Å². The Balaban J connectivity index is 0.00000280. The van der Waals surface area contributed by atoms with Crippen molar-refractivity contribution in [3.8, 4) is 0 Å². The minimum absolute atomic E-state index is 0. The number of hydrogen-bond donors (Lipinski definition) is 3. The van der Waals surface area contributed by atoms with Gasteiger partial charge in [-0.05, 0) is 49.6 Å². The van der Waals surface area contributed by atoms with Crippen LogP contribution >= 0.6 is 35.3 Å². The Bertz CT molecular complexity index is 842. The van der Waals surface area contributed by atoms with Gasteiger partial charge in [-0.25, -0.2) is 4.99 Å². The molecule has 0 radical (unpaired) electrons. The molecule has 1 unspecified atom stereocenters. The van der Waals surface area contributed by atoms with E-state index in [1.807, 2.05) is 36.6 Å². The summed E-state index contributed by atoms with van der Waals surface area (Å²) in [6, 6.07) is 11.5. The van der Waals surface area contributed by atoms with Crippen LogP contribution in [0.5, 0.6) is 0 Å². The molecule has 0 saturated carbocycles. The van der Waals surface area contributed by atoms with Crippen LogP contribution in [0.4, 0.5) is 0 Å². The summed E-state index contributed by atoms with van der Waals surface area (Å²) in [4.78, 5) is 5.80. The molecule has 0 bridgehead atoms. The fourth-order valence-corrected chi connectivity index (χ4v) is 3.19. The Labute approximate surface area is 186 Å². The first-order valence-corrected chi connectivity index (χ1v) is 9.77. The summed E-state index contributed by atoms with van der Waals surface area (Å²) in [6.45, 7) is 5.10. The van der Waals surface area contributed by atoms with E-state index in [1.54, 1.807) is 30.6 Å². The molecule has 28 heavy (non-hydrogen) atoms. The number of furan rings is 2. The van der Waals surface area contributed by atoms with Gasteiger partial charge in [0.15, 0.2) is 5.96 Å². The smallest absolute Gasteiger partial charge is 0.191 e. The highest BCUT2D eigenvalue weighted by Crippen LogP contribution is 2.21. The Morgan fingerprint density at radius 1 is 1.21 bits per heavy atom. The highest BCUT2D eigenvalue weighted by molar-refractivity contribution is 14.0. The third-order valence-electron chi connectivity index (χ3n) is 4.09. The summed E-state index contributed by atoms with van der Waals surface area (Å²) in [6.07, 6.45) is 2.42. The molecule has 0 amide bonds. The van der Waals surface area contributed by atoms with Crippen molar-refractivity contribution in [1.82, 2.24) is 10.6 Å². The topological polar surface area (TPSA) is 82.9 Å². The average molecular weight is 515 g/mol. The Morgan fingerprint density at radius 2 is 2.07 bits per heavy atom. The number of nitrogens with one attached hydrogen (secondary N) is 2. The van der Waals surface area contributed by atoms with Crippen LogP contribution in [0.1, 0.15) is 29.1 Å². The maximum absolute atomic E-state index is 10.7. The van der Waals surface area contributed by atoms with Gasteiger partial charge in [-0.15, -0.1) is 35.3 Å². The number of guanidine groups is 1. The van der Waals surface area contributed by atoms with Gasteiger partial charge in [0.2, 0.25) is 0 Å². The number of nitrogens with zero attached hydrogens (tertiary/aromatic N) is 1. The van der Waals surface area contributed by atoms with Crippen LogP contribution in [0.2, 0.25) is 0 Å². The average Bonchev–Trinajstić information content (AvgIpc) is 3.39. The molecule has 0 aliphatic carbocycles. The number of aliphatic imine (C=N–C) groups is 1. The van der Waals surface area contributed by atoms with Crippen LogP contribution in [0.3, 0.4) is 0 Å². The molecule has 3 rings (SSSR count). The van der Waals surface area contributed by atoms with Crippen molar-refractivity contribution in [3.63, 3.8) is 0 Å². The van der Waals surface area contributed by atoms with Crippen LogP contribution in [0, 0.1) is 6.92 Å². The van der Waals surface area contributed by atoms with Crippen molar-refractivity contribution >= 4 is 41.3 Å². The number of aliphatic hydroxyl groups is 1. The largest absolute Gasteiger partial charge is 0.469 e. The maximum Gasteiger partial charge on any atom is 0.191 e. The van der Waals surface area contributed by atoms with E-state index in [4.69, 9.17) is 8.83 Å². The molecular formula is C20H26IN3O3S. The lowest BCUT2D eigenvalue weighted by molar-refractivity contribution is 0.0378. The first-order chi connectivity index (χ1) is 13.0. The Kier molecular flexibility index (Phi) is 8.58. The molecule has 0 spiro atoms. The summed E-state index contributed by atoms with van der Waals surface area (Å²) in [5.74, 6) is 2.85. The highest BCUT2D eigenvalue weighted by atomic mass is 127. The van der Waals surface area contributed by atoms with Crippen LogP contribution in [0.15, 0.2) is 61.9 Å². The second-order valence-electron chi connectivity index (χ2n) is 6.54. The van der Waals surface area contributed by atoms with Crippen molar-refractivity contribution in [3.05, 3.63) is 70.2 Å². The lowest BCUT2D eigenvalue weighted by Crippen LogP contribution is -2.45. The molecule has 3 N–H and O–H groups in total. The van der Waals surface area contributed by atoms with E-state index in [-0.39, 0.29) is 30.5 Å². The van der Waals surface area contributed by atoms with Crippen molar-refractivity contribution < 1.29 is 13.9 Å². The summed E-state index contributed by atoms with van der Waals surface area (Å²) >= 11 is 1.67. The van der Waals surface area contributed by atoms with E-state index in [2.05, 4.69) is 21.7 Å². The van der Waals surface area contributed by atoms with Crippen molar-refractivity contribution in [1.29, 1.82) is 0 Å². The third kappa shape index (κ3) is 6.68. The molecule has 8 heteroatoms. The van der Waals surface area contributed by atoms with E-state index in [0.29, 0.717) is 24.8 Å². The van der Waals surface area contributed by atoms with Gasteiger partial charge in [0.25, 0.3) is 0 Å². The molecule has 3 aromatic heterocycles. The second kappa shape index (κ2) is 10.7. The predicted octanol–water partition coefficient (Wildman–Crippen LogP) is 4.05. The molecule has 0 fully saturated rings. The monoisotopic (exact) mass is 515 g/mol. The van der Waals surface area contributed by atoms with E-state index in [1.165, 1.54) is 4.88 Å². The van der Waals surface area contributed by atoms with Gasteiger partial charge in [-0.3, -0.25) is 0 Å². The van der Waals surface area contributed by atoms with E-state index >= 15 is 0 Å². The van der Waals surface area contributed by atoms with E-state index in [9.17, 15) is 5.11 Å². The molecule has 0 aromatic carbocycles. The summed E-state index contributed by atoms with van der Waals surface area (Å²) in [7, 11) is 0. The minimum Gasteiger partial charge on any atom is -0.469 e. The zero-order valence-electron chi connectivity index (χ0n) is 16.0. The fourth-order valence-electron chi connectivity index (χ4n) is 2.56. The molecule has 0 aliphatic rings. The van der Waals surface area contributed by atoms with Crippen molar-refractivity contribution in [2.75, 3.05) is 13.1 Å². The van der Waals surface area contributed by atoms with Gasteiger partial charge >= 0.3 is 0 Å². The zero-order chi connectivity index (χ0) is 19.1. The fraction of sp³-hybridized carbons (Fsp3) is 0.350. The quantitative estimate of drug-likeness (QED) is 0.240. The predicted molar refractivity (Wildman–Crippen MR) is 122 cm³/mol. The number of thiophene rings is 1. The number of rotatable bonds is 8. The van der Waals surface area contributed by atoms with Gasteiger partial charge < -0.3 is 24.6 Å². The molecule has 1 atom stereocenters. The number of hydrogen-bond acceptors (Lipinski definition) is 5. The molecule has 0 saturated heterocycles. The van der Waals surface area contributed by atoms with Crippen molar-refractivity contribution in [2.45, 2.75) is 32.4 Å². The SMILES string of the molecule is Cc1ccc(C(C)(O)CNC(=NCc2cccs2)NCCc2ccco2)o1.I. The normalized spacial score (nSPS) is 13.6. The number of aryl methyl sites for hydroxylation is 1. The summed E-state index contributed by atoms with van der Waals surface area (Å²) in [5, 5.41) is 19.3. The van der Waals surface area contributed by atoms with Crippen molar-refractivity contribution in [2.24, 2.45) is 4.99 Å². The Hall–Kier alpha value is -1.78. The van der Waals surface area contributed by atoms with Gasteiger partial charge in [0.1, 0.15) is 22.9 Å². The second-order valence-corrected chi connectivity index (χ2v) is 7.57. The molecule has 3 aromatic rings. The summed E-state index contributed by atoms with van der Waals surface area (Å²) in [5.41, 5.74) is -1.14. The molecular weight excluding hydrogens is 489 g/mol. The lowest BCUT2D eigenvalue weighted by atomic mass is 10.0. The highest BCUT2D eigenvalue weighted by Gasteiger charge is 2.27. The molecule has 0 aliphatic heterocycles. The molecule has 3 heterocycles. The van der Waals surface area contributed by atoms with Crippen LogP contribution in [-0.2, 0) is 18.6 Å². The lowest BCUT2D eigenvalue weighted by Gasteiger charge is -2.23. The molecule has 6 nitrogen and oxygen atoms in total. The van der Waals surface area contributed by atoms with Crippen LogP contribution in [-0.4, -0.2) is 24.2 Å². The zero-order valence-corrected chi connectivity index (χ0v) is 19.1. The maximum atomic E-state index is 10.7. The van der Waals surface area contributed by atoms with Gasteiger partial charge in [-0.1, -0.05) is 6.07 Å². The summed E-state index contributed by atoms with van der Waals surface area (Å²) < 4.78 is 10.9. The first kappa shape index (κ1) is 22.5. The first-order valence-electron chi connectivity index (χ1n) is 8.89. The van der Waals surface area contributed by atoms with Gasteiger partial charge in [0, 0.05) is 17.8 Å². The standard InChI is InChI=1S/C20H25N3O3S.HI/c1-15-7-8-18(26-15)20(2,24)14-23-19(22-13-17-6-4-12-27-17)21-10-9-16-5-3-11-25-16;/h3-8,11-12,24H,9-10,13-14H2,1-2H3,(H2,21,22,23);1H. The van der Waals surface area contributed by atoms with Crippen LogP contribution < -0.4 is 10.6 Å².